The van der Waals surface area contributed by atoms with E-state index in [9.17, 15) is 19.5 Å². The molecule has 2 aromatic heterocycles. The van der Waals surface area contributed by atoms with E-state index >= 15 is 0 Å². The first-order valence-electron chi connectivity index (χ1n) is 12.1. The Labute approximate surface area is 212 Å². The fourth-order valence-corrected chi connectivity index (χ4v) is 5.11. The molecule has 8 heteroatoms. The van der Waals surface area contributed by atoms with Crippen molar-refractivity contribution in [2.24, 2.45) is 0 Å². The summed E-state index contributed by atoms with van der Waals surface area (Å²) in [7, 11) is 0. The zero-order valence-corrected chi connectivity index (χ0v) is 20.6. The molecule has 2 aromatic carbocycles. The van der Waals surface area contributed by atoms with E-state index in [4.69, 9.17) is 20.4 Å². The van der Waals surface area contributed by atoms with Crippen molar-refractivity contribution in [3.63, 3.8) is 0 Å². The third-order valence-corrected chi connectivity index (χ3v) is 7.19. The second-order valence-corrected chi connectivity index (χ2v) is 9.75. The number of carbonyl (C=O) groups is 2. The van der Waals surface area contributed by atoms with Gasteiger partial charge in [0.1, 0.15) is 16.9 Å². The van der Waals surface area contributed by atoms with Crippen LogP contribution in [0.4, 0.5) is 0 Å². The zero-order chi connectivity index (χ0) is 25.4. The number of carboxylic acids is 1. The van der Waals surface area contributed by atoms with Crippen molar-refractivity contribution in [3.05, 3.63) is 79.9 Å². The molecule has 186 valence electrons. The lowest BCUT2D eigenvalue weighted by atomic mass is 9.94. The second-order valence-electron chi connectivity index (χ2n) is 9.32. The molecule has 1 aliphatic rings. The van der Waals surface area contributed by atoms with Crippen LogP contribution in [0.15, 0.2) is 50.0 Å². The molecule has 0 spiro atoms. The number of carbonyl (C=O) groups excluding carboxylic acids is 2. The van der Waals surface area contributed by atoms with Gasteiger partial charge in [-0.25, -0.2) is 4.79 Å². The van der Waals surface area contributed by atoms with Crippen molar-refractivity contribution in [2.45, 2.75) is 57.9 Å². The first-order chi connectivity index (χ1) is 17.3. The maximum absolute atomic E-state index is 12.8. The maximum atomic E-state index is 12.8. The summed E-state index contributed by atoms with van der Waals surface area (Å²) in [5, 5.41) is 16.5. The molecule has 0 radical (unpaired) electrons. The van der Waals surface area contributed by atoms with Crippen molar-refractivity contribution in [1.82, 2.24) is 5.32 Å². The minimum Gasteiger partial charge on any atom is -0.548 e. The van der Waals surface area contributed by atoms with Crippen LogP contribution in [-0.4, -0.2) is 17.9 Å². The summed E-state index contributed by atoms with van der Waals surface area (Å²) in [5.41, 5.74) is 3.73. The lowest BCUT2D eigenvalue weighted by Crippen LogP contribution is -2.49. The Morgan fingerprint density at radius 2 is 1.78 bits per heavy atom. The SMILES string of the molecule is Cc1c(CCC(=O)N[C@H](Cc2ccc(Cl)cc2)C(=O)[O-])c(=O)oc2cc3oc4c(c3cc12)CCCC4. The van der Waals surface area contributed by atoms with Gasteiger partial charge in [-0.1, -0.05) is 23.7 Å². The first-order valence-corrected chi connectivity index (χ1v) is 12.4. The number of benzene rings is 2. The van der Waals surface area contributed by atoms with Crippen molar-refractivity contribution in [3.8, 4) is 0 Å². The van der Waals surface area contributed by atoms with E-state index in [1.165, 1.54) is 5.56 Å². The number of aliphatic carboxylic acids is 1. The summed E-state index contributed by atoms with van der Waals surface area (Å²) in [5.74, 6) is -0.867. The lowest BCUT2D eigenvalue weighted by molar-refractivity contribution is -0.308. The van der Waals surface area contributed by atoms with Crippen molar-refractivity contribution >= 4 is 45.4 Å². The number of carboxylic acid groups (broad SMARTS) is 1. The summed E-state index contributed by atoms with van der Waals surface area (Å²) in [6.45, 7) is 1.84. The highest BCUT2D eigenvalue weighted by Crippen LogP contribution is 2.35. The highest BCUT2D eigenvalue weighted by atomic mass is 35.5. The number of fused-ring (bicyclic) bond motifs is 4. The predicted molar refractivity (Wildman–Crippen MR) is 134 cm³/mol. The van der Waals surface area contributed by atoms with E-state index in [-0.39, 0.29) is 19.3 Å². The summed E-state index contributed by atoms with van der Waals surface area (Å²) in [6.07, 6.45) is 4.22. The van der Waals surface area contributed by atoms with Gasteiger partial charge < -0.3 is 24.1 Å². The molecule has 2 heterocycles. The van der Waals surface area contributed by atoms with Crippen LogP contribution in [0.25, 0.3) is 21.9 Å². The number of hydrogen-bond donors (Lipinski definition) is 1. The summed E-state index contributed by atoms with van der Waals surface area (Å²) < 4.78 is 11.6. The van der Waals surface area contributed by atoms with E-state index in [2.05, 4.69) is 5.32 Å². The molecule has 0 fully saturated rings. The molecule has 0 bridgehead atoms. The molecule has 1 aliphatic carbocycles. The van der Waals surface area contributed by atoms with Gasteiger partial charge in [0.15, 0.2) is 0 Å². The fourth-order valence-electron chi connectivity index (χ4n) is 4.99. The molecular weight excluding hydrogens is 482 g/mol. The molecule has 1 atom stereocenters. The summed E-state index contributed by atoms with van der Waals surface area (Å²) >= 11 is 5.87. The lowest BCUT2D eigenvalue weighted by Gasteiger charge is -2.20. The molecule has 1 amide bonds. The number of furan rings is 1. The smallest absolute Gasteiger partial charge is 0.339 e. The molecule has 1 N–H and O–H groups in total. The number of nitrogens with one attached hydrogen (secondary N) is 1. The number of hydrogen-bond acceptors (Lipinski definition) is 6. The van der Waals surface area contributed by atoms with Crippen molar-refractivity contribution < 1.29 is 23.5 Å². The third kappa shape index (κ3) is 4.75. The Morgan fingerprint density at radius 1 is 1.06 bits per heavy atom. The maximum Gasteiger partial charge on any atom is 0.339 e. The Morgan fingerprint density at radius 3 is 2.53 bits per heavy atom. The highest BCUT2D eigenvalue weighted by molar-refractivity contribution is 6.30. The Hall–Kier alpha value is -3.58. The first kappa shape index (κ1) is 24.1. The highest BCUT2D eigenvalue weighted by Gasteiger charge is 2.21. The number of rotatable bonds is 7. The van der Waals surface area contributed by atoms with Gasteiger partial charge in [0.25, 0.3) is 0 Å². The van der Waals surface area contributed by atoms with Gasteiger partial charge in [-0.2, -0.15) is 0 Å². The molecular formula is C28H25ClNO6-. The molecule has 5 rings (SSSR count). The van der Waals surface area contributed by atoms with Gasteiger partial charge in [0.2, 0.25) is 5.91 Å². The van der Waals surface area contributed by atoms with Crippen LogP contribution >= 0.6 is 11.6 Å². The van der Waals surface area contributed by atoms with Gasteiger partial charge >= 0.3 is 5.63 Å². The molecule has 4 aromatic rings. The van der Waals surface area contributed by atoms with Crippen molar-refractivity contribution in [2.75, 3.05) is 0 Å². The van der Waals surface area contributed by atoms with Crippen LogP contribution in [-0.2, 0) is 35.3 Å². The zero-order valence-electron chi connectivity index (χ0n) is 19.8. The van der Waals surface area contributed by atoms with E-state index in [0.29, 0.717) is 21.7 Å². The average molecular weight is 507 g/mol. The van der Waals surface area contributed by atoms with Gasteiger partial charge in [0, 0.05) is 45.8 Å². The van der Waals surface area contributed by atoms with Crippen molar-refractivity contribution in [1.29, 1.82) is 0 Å². The van der Waals surface area contributed by atoms with Crippen LogP contribution in [0.2, 0.25) is 5.02 Å². The van der Waals surface area contributed by atoms with Crippen LogP contribution < -0.4 is 16.0 Å². The van der Waals surface area contributed by atoms with Crippen LogP contribution in [0.1, 0.15) is 47.3 Å². The van der Waals surface area contributed by atoms with E-state index in [0.717, 1.165) is 53.4 Å². The minimum absolute atomic E-state index is 0.0629. The van der Waals surface area contributed by atoms with E-state index in [1.807, 2.05) is 13.0 Å². The Kier molecular flexibility index (Phi) is 6.58. The molecule has 0 unspecified atom stereocenters. The van der Waals surface area contributed by atoms with Gasteiger partial charge in [-0.3, -0.25) is 4.79 Å². The fraction of sp³-hybridized carbons (Fsp3) is 0.321. The third-order valence-electron chi connectivity index (χ3n) is 6.94. The number of amides is 1. The van der Waals surface area contributed by atoms with Gasteiger partial charge in [0.05, 0.1) is 12.0 Å². The normalized spacial score (nSPS) is 14.1. The van der Waals surface area contributed by atoms with Gasteiger partial charge in [-0.05, 0) is 68.4 Å². The number of halogens is 1. The van der Waals surface area contributed by atoms with Crippen LogP contribution in [0, 0.1) is 6.92 Å². The average Bonchev–Trinajstić information content (AvgIpc) is 3.21. The standard InChI is InChI=1S/C28H26ClNO6/c1-15-18(10-11-26(31)30-22(27(32)33)12-16-6-8-17(29)9-7-16)28(34)36-24-14-25-21(13-20(15)24)19-4-2-3-5-23(19)35-25/h6-9,13-14,22H,2-5,10-12H2,1H3,(H,30,31)(H,32,33)/p-1/t22-/m1/s1. The molecule has 7 nitrogen and oxygen atoms in total. The largest absolute Gasteiger partial charge is 0.548 e. The number of aryl methyl sites for hydroxylation is 3. The Balaban J connectivity index is 1.35. The van der Waals surface area contributed by atoms with Gasteiger partial charge in [-0.15, -0.1) is 0 Å². The molecule has 0 saturated carbocycles. The topological polar surface area (TPSA) is 113 Å². The molecule has 0 aliphatic heterocycles. The monoisotopic (exact) mass is 506 g/mol. The van der Waals surface area contributed by atoms with E-state index in [1.54, 1.807) is 30.3 Å². The van der Waals surface area contributed by atoms with Crippen LogP contribution in [0.5, 0.6) is 0 Å². The van der Waals surface area contributed by atoms with Crippen LogP contribution in [0.3, 0.4) is 0 Å². The summed E-state index contributed by atoms with van der Waals surface area (Å²) in [4.78, 5) is 36.9. The molecule has 0 saturated heterocycles. The quantitative estimate of drug-likeness (QED) is 0.382. The summed E-state index contributed by atoms with van der Waals surface area (Å²) in [6, 6.07) is 9.28. The Bertz CT molecular complexity index is 1530. The second kappa shape index (κ2) is 9.82. The predicted octanol–water partition coefficient (Wildman–Crippen LogP) is 3.79. The molecule has 36 heavy (non-hydrogen) atoms. The minimum atomic E-state index is -1.38. The van der Waals surface area contributed by atoms with E-state index < -0.39 is 23.5 Å².